The van der Waals surface area contributed by atoms with Crippen LogP contribution in [0.2, 0.25) is 0 Å². The third-order valence-corrected chi connectivity index (χ3v) is 3.44. The fraction of sp³-hybridized carbons (Fsp3) is 1.00. The summed E-state index contributed by atoms with van der Waals surface area (Å²) < 4.78 is -1.22. The lowest BCUT2D eigenvalue weighted by Crippen LogP contribution is -2.45. The lowest BCUT2D eigenvalue weighted by atomic mass is 10.1. The van der Waals surface area contributed by atoms with Crippen molar-refractivity contribution in [3.8, 4) is 0 Å². The highest BCUT2D eigenvalue weighted by atomic mass is 79.9. The molecule has 0 aromatic rings. The molecular weight excluding hydrogens is 292 g/mol. The minimum Gasteiger partial charge on any atom is -0.342 e. The van der Waals surface area contributed by atoms with Crippen LogP contribution in [0.25, 0.3) is 0 Å². The van der Waals surface area contributed by atoms with Gasteiger partial charge in [-0.25, -0.2) is 0 Å². The summed E-state index contributed by atoms with van der Waals surface area (Å²) in [6, 6.07) is 0. The van der Waals surface area contributed by atoms with Crippen molar-refractivity contribution in [2.75, 3.05) is 0 Å². The molecule has 0 saturated carbocycles. The smallest absolute Gasteiger partial charge is 0.302 e. The maximum Gasteiger partial charge on any atom is 0.302 e. The number of halogens is 2. The fourth-order valence-corrected chi connectivity index (χ4v) is 1.33. The zero-order valence-electron chi connectivity index (χ0n) is 6.93. The molecule has 3 N–H and O–H groups in total. The molecule has 0 aromatic heterocycles. The Kier molecular flexibility index (Phi) is 5.25. The molecule has 74 valence electrons. The van der Waals surface area contributed by atoms with Gasteiger partial charge in [0.25, 0.3) is 0 Å². The van der Waals surface area contributed by atoms with Crippen molar-refractivity contribution < 1.29 is 15.3 Å². The van der Waals surface area contributed by atoms with Crippen LogP contribution >= 0.6 is 31.9 Å². The Hall–Kier alpha value is 0.840. The average Bonchev–Trinajstić information content (AvgIpc) is 1.85. The van der Waals surface area contributed by atoms with Crippen LogP contribution in [0.5, 0.6) is 0 Å². The topological polar surface area (TPSA) is 60.7 Å². The van der Waals surface area contributed by atoms with Crippen LogP contribution in [0.1, 0.15) is 32.6 Å². The Morgan fingerprint density at radius 3 is 1.92 bits per heavy atom. The van der Waals surface area contributed by atoms with E-state index in [9.17, 15) is 0 Å². The molecule has 0 radical (unpaired) electrons. The number of hydrogen-bond donors (Lipinski definition) is 3. The quantitative estimate of drug-likeness (QED) is 0.411. The van der Waals surface area contributed by atoms with Crippen LogP contribution < -0.4 is 0 Å². The molecule has 0 aliphatic rings. The molecule has 0 aliphatic carbocycles. The summed E-state index contributed by atoms with van der Waals surface area (Å²) in [5, 5.41) is 26.6. The molecule has 5 heteroatoms. The van der Waals surface area contributed by atoms with Crippen LogP contribution in [-0.2, 0) is 0 Å². The summed E-state index contributed by atoms with van der Waals surface area (Å²) in [4.78, 5) is 0. The molecular formula is C7H14Br2O3. The zero-order chi connectivity index (χ0) is 9.83. The Labute approximate surface area is 89.0 Å². The number of hydrogen-bond acceptors (Lipinski definition) is 3. The molecule has 0 fully saturated rings. The lowest BCUT2D eigenvalue weighted by molar-refractivity contribution is -0.314. The summed E-state index contributed by atoms with van der Waals surface area (Å²) in [6.45, 7) is 2.05. The molecule has 0 aromatic carbocycles. The molecule has 0 atom stereocenters. The highest BCUT2D eigenvalue weighted by Gasteiger charge is 2.44. The second kappa shape index (κ2) is 4.91. The van der Waals surface area contributed by atoms with Gasteiger partial charge in [0.15, 0.2) is 3.23 Å². The maximum absolute atomic E-state index is 8.86. The molecule has 0 spiro atoms. The van der Waals surface area contributed by atoms with Gasteiger partial charge in [-0.05, 0) is 6.42 Å². The van der Waals surface area contributed by atoms with Gasteiger partial charge in [0, 0.05) is 0 Å². The highest BCUT2D eigenvalue weighted by Crippen LogP contribution is 2.39. The van der Waals surface area contributed by atoms with Crippen LogP contribution in [0.4, 0.5) is 0 Å². The van der Waals surface area contributed by atoms with E-state index >= 15 is 0 Å². The van der Waals surface area contributed by atoms with Gasteiger partial charge >= 0.3 is 5.97 Å². The molecule has 0 heterocycles. The second-order valence-corrected chi connectivity index (χ2v) is 6.57. The normalized spacial score (nSPS) is 13.5. The summed E-state index contributed by atoms with van der Waals surface area (Å²) in [6.07, 6.45) is 3.31. The van der Waals surface area contributed by atoms with Crippen LogP contribution in [0.15, 0.2) is 0 Å². The number of rotatable bonds is 5. The maximum atomic E-state index is 8.86. The largest absolute Gasteiger partial charge is 0.342 e. The van der Waals surface area contributed by atoms with E-state index in [1.165, 1.54) is 0 Å². The molecule has 0 aliphatic heterocycles. The van der Waals surface area contributed by atoms with E-state index in [4.69, 9.17) is 15.3 Å². The monoisotopic (exact) mass is 304 g/mol. The summed E-state index contributed by atoms with van der Waals surface area (Å²) >= 11 is 6.00. The second-order valence-electron chi connectivity index (χ2n) is 2.80. The first-order valence-corrected chi connectivity index (χ1v) is 5.45. The van der Waals surface area contributed by atoms with Crippen molar-refractivity contribution in [3.05, 3.63) is 0 Å². The van der Waals surface area contributed by atoms with Crippen molar-refractivity contribution in [3.63, 3.8) is 0 Å². The summed E-state index contributed by atoms with van der Waals surface area (Å²) in [5.41, 5.74) is 0. The third-order valence-electron chi connectivity index (χ3n) is 1.59. The minimum atomic E-state index is -2.72. The first-order chi connectivity index (χ1) is 5.31. The standard InChI is InChI=1S/C7H14Br2O3/c1-2-3-4-5-6(8,9)7(10,11)12/h10-12H,2-5H2,1H3. The Morgan fingerprint density at radius 1 is 1.08 bits per heavy atom. The molecule has 0 rings (SSSR count). The Bertz CT molecular complexity index is 131. The average molecular weight is 306 g/mol. The molecule has 3 nitrogen and oxygen atoms in total. The number of unbranched alkanes of at least 4 members (excludes halogenated alkanes) is 2. The van der Waals surface area contributed by atoms with Gasteiger partial charge in [0.05, 0.1) is 0 Å². The van der Waals surface area contributed by atoms with Crippen molar-refractivity contribution in [2.45, 2.75) is 41.8 Å². The van der Waals surface area contributed by atoms with E-state index in [0.29, 0.717) is 6.42 Å². The summed E-state index contributed by atoms with van der Waals surface area (Å²) in [7, 11) is 0. The third kappa shape index (κ3) is 4.18. The van der Waals surface area contributed by atoms with Gasteiger partial charge in [0.2, 0.25) is 0 Å². The summed E-state index contributed by atoms with van der Waals surface area (Å²) in [5.74, 6) is -2.72. The van der Waals surface area contributed by atoms with E-state index in [2.05, 4.69) is 31.9 Å². The number of alkyl halides is 2. The van der Waals surface area contributed by atoms with Crippen molar-refractivity contribution in [1.29, 1.82) is 0 Å². The molecule has 12 heavy (non-hydrogen) atoms. The van der Waals surface area contributed by atoms with Gasteiger partial charge in [-0.2, -0.15) is 0 Å². The minimum absolute atomic E-state index is 0.449. The molecule has 0 amide bonds. The zero-order valence-corrected chi connectivity index (χ0v) is 10.1. The predicted octanol–water partition coefficient (Wildman–Crippen LogP) is 1.68. The molecule has 0 saturated heterocycles. The van der Waals surface area contributed by atoms with Gasteiger partial charge in [-0.1, -0.05) is 58.0 Å². The van der Waals surface area contributed by atoms with E-state index in [1.807, 2.05) is 6.92 Å². The lowest BCUT2D eigenvalue weighted by Gasteiger charge is -2.29. The first kappa shape index (κ1) is 12.8. The van der Waals surface area contributed by atoms with Gasteiger partial charge in [0.1, 0.15) is 0 Å². The fourth-order valence-electron chi connectivity index (χ4n) is 0.765. The van der Waals surface area contributed by atoms with E-state index in [0.717, 1.165) is 19.3 Å². The van der Waals surface area contributed by atoms with E-state index in [1.54, 1.807) is 0 Å². The molecule has 0 unspecified atom stereocenters. The van der Waals surface area contributed by atoms with E-state index in [-0.39, 0.29) is 0 Å². The van der Waals surface area contributed by atoms with Crippen LogP contribution in [-0.4, -0.2) is 24.5 Å². The van der Waals surface area contributed by atoms with Gasteiger partial charge in [-0.3, -0.25) is 0 Å². The van der Waals surface area contributed by atoms with Crippen LogP contribution in [0, 0.1) is 0 Å². The van der Waals surface area contributed by atoms with Crippen molar-refractivity contribution >= 4 is 31.9 Å². The van der Waals surface area contributed by atoms with Gasteiger partial charge < -0.3 is 15.3 Å². The van der Waals surface area contributed by atoms with E-state index < -0.39 is 9.21 Å². The van der Waals surface area contributed by atoms with Crippen LogP contribution in [0.3, 0.4) is 0 Å². The van der Waals surface area contributed by atoms with Crippen molar-refractivity contribution in [1.82, 2.24) is 0 Å². The highest BCUT2D eigenvalue weighted by molar-refractivity contribution is 9.25. The SMILES string of the molecule is CCCCCC(Br)(Br)C(O)(O)O. The van der Waals surface area contributed by atoms with Crippen molar-refractivity contribution in [2.24, 2.45) is 0 Å². The predicted molar refractivity (Wildman–Crippen MR) is 54.1 cm³/mol. The number of aliphatic hydroxyl groups is 3. The first-order valence-electron chi connectivity index (χ1n) is 3.86. The Balaban J connectivity index is 3.88. The molecule has 0 bridgehead atoms. The Morgan fingerprint density at radius 2 is 1.58 bits per heavy atom. The van der Waals surface area contributed by atoms with Gasteiger partial charge in [-0.15, -0.1) is 0 Å².